The quantitative estimate of drug-likeness (QED) is 0.867. The molecule has 0 radical (unpaired) electrons. The Labute approximate surface area is 126 Å². The summed E-state index contributed by atoms with van der Waals surface area (Å²) in [6.45, 7) is 1.19. The smallest absolute Gasteiger partial charge is 0.272 e. The van der Waals surface area contributed by atoms with Crippen molar-refractivity contribution in [3.05, 3.63) is 29.0 Å². The highest BCUT2D eigenvalue weighted by Crippen LogP contribution is 2.20. The zero-order chi connectivity index (χ0) is 14.5. The highest BCUT2D eigenvalue weighted by Gasteiger charge is 2.19. The van der Waals surface area contributed by atoms with Crippen molar-refractivity contribution in [1.29, 1.82) is 0 Å². The van der Waals surface area contributed by atoms with Gasteiger partial charge >= 0.3 is 0 Å². The molecule has 0 aromatic heterocycles. The second kappa shape index (κ2) is 7.11. The number of nitrogens with zero attached hydrogens (tertiary/aromatic N) is 1. The maximum absolute atomic E-state index is 13.2. The van der Waals surface area contributed by atoms with Gasteiger partial charge in [0.05, 0.1) is 5.02 Å². The van der Waals surface area contributed by atoms with Gasteiger partial charge in [0.1, 0.15) is 11.6 Å². The van der Waals surface area contributed by atoms with Crippen molar-refractivity contribution >= 4 is 29.1 Å². The van der Waals surface area contributed by atoms with Crippen LogP contribution in [0.2, 0.25) is 5.02 Å². The molecule has 2 rings (SSSR count). The second-order valence-corrected chi connectivity index (χ2v) is 5.61. The topological polar surface area (TPSA) is 41.6 Å². The Kier molecular flexibility index (Phi) is 5.46. The fourth-order valence-corrected chi connectivity index (χ4v) is 2.39. The maximum Gasteiger partial charge on any atom is 0.272 e. The van der Waals surface area contributed by atoms with E-state index in [2.05, 4.69) is 5.43 Å². The number of nitrogens with one attached hydrogen (secondary N) is 1. The van der Waals surface area contributed by atoms with E-state index in [4.69, 9.17) is 27.9 Å². The number of carbonyl (C=O) groups excluding carboxylic acids is 1. The van der Waals surface area contributed by atoms with Gasteiger partial charge in [0.25, 0.3) is 5.91 Å². The zero-order valence-electron chi connectivity index (χ0n) is 10.7. The summed E-state index contributed by atoms with van der Waals surface area (Å²) >= 11 is 11.6. The maximum atomic E-state index is 13.2. The van der Waals surface area contributed by atoms with Crippen LogP contribution < -0.4 is 10.2 Å². The van der Waals surface area contributed by atoms with Crippen LogP contribution in [0.5, 0.6) is 5.75 Å². The standard InChI is InChI=1S/C13H15Cl2FN2O2/c14-9-2-1-5-18(7-9)17-13(19)8-20-10-3-4-11(15)12(16)6-10/h3-4,6,9H,1-2,5,7-8H2,(H,17,19). The van der Waals surface area contributed by atoms with Crippen molar-refractivity contribution in [1.82, 2.24) is 10.4 Å². The third kappa shape index (κ3) is 4.51. The van der Waals surface area contributed by atoms with Crippen LogP contribution in [-0.4, -0.2) is 36.0 Å². The van der Waals surface area contributed by atoms with E-state index in [1.807, 2.05) is 0 Å². The molecule has 0 bridgehead atoms. The highest BCUT2D eigenvalue weighted by atomic mass is 35.5. The molecule has 4 nitrogen and oxygen atoms in total. The average Bonchev–Trinajstić information content (AvgIpc) is 2.40. The number of alkyl halides is 1. The largest absolute Gasteiger partial charge is 0.484 e. The van der Waals surface area contributed by atoms with E-state index < -0.39 is 5.82 Å². The van der Waals surface area contributed by atoms with Gasteiger partial charge in [0.2, 0.25) is 0 Å². The zero-order valence-corrected chi connectivity index (χ0v) is 12.3. The minimum Gasteiger partial charge on any atom is -0.484 e. The van der Waals surface area contributed by atoms with Gasteiger partial charge in [-0.05, 0) is 25.0 Å². The molecule has 1 heterocycles. The van der Waals surface area contributed by atoms with Gasteiger partial charge in [-0.2, -0.15) is 0 Å². The predicted molar refractivity (Wildman–Crippen MR) is 75.5 cm³/mol. The molecule has 1 N–H and O–H groups in total. The van der Waals surface area contributed by atoms with Gasteiger partial charge < -0.3 is 4.74 Å². The number of hydrazine groups is 1. The first-order chi connectivity index (χ1) is 9.54. The number of carbonyl (C=O) groups is 1. The molecular weight excluding hydrogens is 306 g/mol. The van der Waals surface area contributed by atoms with Gasteiger partial charge in [-0.1, -0.05) is 11.6 Å². The number of rotatable bonds is 4. The fraction of sp³-hybridized carbons (Fsp3) is 0.462. The van der Waals surface area contributed by atoms with E-state index in [-0.39, 0.29) is 28.7 Å². The summed E-state index contributed by atoms with van der Waals surface area (Å²) in [5, 5.41) is 1.84. The molecule has 20 heavy (non-hydrogen) atoms. The van der Waals surface area contributed by atoms with Crippen molar-refractivity contribution in [2.45, 2.75) is 18.2 Å². The van der Waals surface area contributed by atoms with Crippen molar-refractivity contribution in [3.63, 3.8) is 0 Å². The van der Waals surface area contributed by atoms with Gasteiger partial charge in [-0.3, -0.25) is 10.2 Å². The van der Waals surface area contributed by atoms with E-state index >= 15 is 0 Å². The highest BCUT2D eigenvalue weighted by molar-refractivity contribution is 6.30. The lowest BCUT2D eigenvalue weighted by Crippen LogP contribution is -2.49. The molecule has 0 saturated carbocycles. The van der Waals surface area contributed by atoms with E-state index in [9.17, 15) is 9.18 Å². The molecule has 0 spiro atoms. The summed E-state index contributed by atoms with van der Waals surface area (Å²) in [6, 6.07) is 4.03. The lowest BCUT2D eigenvalue weighted by atomic mass is 10.1. The molecular formula is C13H15Cl2FN2O2. The number of benzene rings is 1. The summed E-state index contributed by atoms with van der Waals surface area (Å²) in [4.78, 5) is 11.7. The number of hydrogen-bond acceptors (Lipinski definition) is 3. The molecule has 1 unspecified atom stereocenters. The van der Waals surface area contributed by atoms with Crippen LogP contribution >= 0.6 is 23.2 Å². The predicted octanol–water partition coefficient (Wildman–Crippen LogP) is 2.59. The number of piperidine rings is 1. The van der Waals surface area contributed by atoms with Gasteiger partial charge in [0.15, 0.2) is 6.61 Å². The van der Waals surface area contributed by atoms with Crippen LogP contribution in [0.3, 0.4) is 0 Å². The van der Waals surface area contributed by atoms with Crippen LogP contribution in [0.4, 0.5) is 4.39 Å². The lowest BCUT2D eigenvalue weighted by molar-refractivity contribution is -0.128. The monoisotopic (exact) mass is 320 g/mol. The van der Waals surface area contributed by atoms with Crippen LogP contribution in [0.15, 0.2) is 18.2 Å². The third-order valence-corrected chi connectivity index (χ3v) is 3.57. The molecule has 1 aliphatic rings. The van der Waals surface area contributed by atoms with Crippen molar-refractivity contribution in [2.24, 2.45) is 0 Å². The van der Waals surface area contributed by atoms with E-state index in [0.717, 1.165) is 25.5 Å². The van der Waals surface area contributed by atoms with Gasteiger partial charge in [-0.25, -0.2) is 9.40 Å². The summed E-state index contributed by atoms with van der Waals surface area (Å²) in [5.74, 6) is -0.618. The van der Waals surface area contributed by atoms with Crippen LogP contribution in [-0.2, 0) is 4.79 Å². The first-order valence-corrected chi connectivity index (χ1v) is 7.12. The summed E-state index contributed by atoms with van der Waals surface area (Å²) in [5.41, 5.74) is 2.71. The fourth-order valence-electron chi connectivity index (χ4n) is 1.95. The number of hydrogen-bond donors (Lipinski definition) is 1. The minimum absolute atomic E-state index is 0.0169. The Hall–Kier alpha value is -1.04. The first-order valence-electron chi connectivity index (χ1n) is 6.31. The molecule has 1 atom stereocenters. The molecule has 1 amide bonds. The van der Waals surface area contributed by atoms with Crippen LogP contribution in [0, 0.1) is 5.82 Å². The normalized spacial score (nSPS) is 19.6. The summed E-state index contributed by atoms with van der Waals surface area (Å²) < 4.78 is 18.4. The number of halogens is 3. The summed E-state index contributed by atoms with van der Waals surface area (Å²) in [7, 11) is 0. The van der Waals surface area contributed by atoms with Gasteiger partial charge in [0, 0.05) is 24.5 Å². The molecule has 110 valence electrons. The summed E-state index contributed by atoms with van der Waals surface area (Å²) in [6.07, 6.45) is 1.90. The Bertz CT molecular complexity index is 487. The van der Waals surface area contributed by atoms with E-state index in [1.165, 1.54) is 12.1 Å². The lowest BCUT2D eigenvalue weighted by Gasteiger charge is -2.29. The van der Waals surface area contributed by atoms with Crippen LogP contribution in [0.1, 0.15) is 12.8 Å². The number of amides is 1. The molecule has 1 saturated heterocycles. The second-order valence-electron chi connectivity index (χ2n) is 4.59. The molecule has 1 aromatic carbocycles. The average molecular weight is 321 g/mol. The molecule has 1 fully saturated rings. The number of ether oxygens (including phenoxy) is 1. The Balaban J connectivity index is 1.78. The Morgan fingerprint density at radius 3 is 3.05 bits per heavy atom. The third-order valence-electron chi connectivity index (χ3n) is 2.91. The molecule has 1 aromatic rings. The first kappa shape index (κ1) is 15.4. The Morgan fingerprint density at radius 1 is 1.55 bits per heavy atom. The molecule has 7 heteroatoms. The van der Waals surface area contributed by atoms with Gasteiger partial charge in [-0.15, -0.1) is 11.6 Å². The Morgan fingerprint density at radius 2 is 2.35 bits per heavy atom. The van der Waals surface area contributed by atoms with Crippen molar-refractivity contribution in [2.75, 3.05) is 19.7 Å². The van der Waals surface area contributed by atoms with E-state index in [1.54, 1.807) is 5.01 Å². The van der Waals surface area contributed by atoms with Crippen molar-refractivity contribution < 1.29 is 13.9 Å². The minimum atomic E-state index is -0.578. The SMILES string of the molecule is O=C(COc1ccc(Cl)c(F)c1)NN1CCCC(Cl)C1. The molecule has 1 aliphatic heterocycles. The van der Waals surface area contributed by atoms with Crippen LogP contribution in [0.25, 0.3) is 0 Å². The molecule has 0 aliphatic carbocycles. The van der Waals surface area contributed by atoms with Crippen molar-refractivity contribution in [3.8, 4) is 5.75 Å². The van der Waals surface area contributed by atoms with E-state index in [0.29, 0.717) is 6.54 Å².